The number of hydrogen-bond acceptors (Lipinski definition) is 3. The minimum Gasteiger partial charge on any atom is -0.258 e. The van der Waals surface area contributed by atoms with Crippen LogP contribution in [0.5, 0.6) is 0 Å². The molecule has 4 heteroatoms. The highest BCUT2D eigenvalue weighted by Gasteiger charge is 2.14. The standard InChI is InChI=1S/C14H10N2O2/c1-9-6-7-13(16(17)18)11-8-10-4-2-3-5-12(10)15-14(9)11/h2-8H,1H3. The average molecular weight is 238 g/mol. The minimum absolute atomic E-state index is 0.105. The first-order valence-electron chi connectivity index (χ1n) is 5.60. The van der Waals surface area contributed by atoms with Crippen molar-refractivity contribution in [1.29, 1.82) is 0 Å². The van der Waals surface area contributed by atoms with Gasteiger partial charge in [-0.05, 0) is 24.6 Å². The van der Waals surface area contributed by atoms with E-state index in [9.17, 15) is 10.1 Å². The lowest BCUT2D eigenvalue weighted by Gasteiger charge is -2.04. The fraction of sp³-hybridized carbons (Fsp3) is 0.0714. The zero-order valence-electron chi connectivity index (χ0n) is 9.75. The maximum Gasteiger partial charge on any atom is 0.278 e. The molecule has 0 aliphatic rings. The third-order valence-electron chi connectivity index (χ3n) is 3.06. The number of aryl methyl sites for hydroxylation is 1. The molecule has 0 amide bonds. The van der Waals surface area contributed by atoms with E-state index < -0.39 is 0 Å². The predicted octanol–water partition coefficient (Wildman–Crippen LogP) is 3.60. The first-order chi connectivity index (χ1) is 8.66. The van der Waals surface area contributed by atoms with E-state index in [1.807, 2.05) is 37.3 Å². The number of hydrogen-bond donors (Lipinski definition) is 0. The number of fused-ring (bicyclic) bond motifs is 2. The van der Waals surface area contributed by atoms with Gasteiger partial charge in [-0.3, -0.25) is 10.1 Å². The summed E-state index contributed by atoms with van der Waals surface area (Å²) in [5.74, 6) is 0. The second-order valence-corrected chi connectivity index (χ2v) is 4.24. The molecule has 4 nitrogen and oxygen atoms in total. The summed E-state index contributed by atoms with van der Waals surface area (Å²) < 4.78 is 0. The summed E-state index contributed by atoms with van der Waals surface area (Å²) in [5.41, 5.74) is 2.60. The summed E-state index contributed by atoms with van der Waals surface area (Å²) in [6.07, 6.45) is 0. The zero-order chi connectivity index (χ0) is 12.7. The molecule has 0 aliphatic heterocycles. The van der Waals surface area contributed by atoms with E-state index in [-0.39, 0.29) is 10.6 Å². The molecule has 18 heavy (non-hydrogen) atoms. The largest absolute Gasteiger partial charge is 0.278 e. The summed E-state index contributed by atoms with van der Waals surface area (Å²) >= 11 is 0. The molecule has 0 atom stereocenters. The molecule has 0 saturated carbocycles. The molecule has 1 heterocycles. The van der Waals surface area contributed by atoms with Crippen molar-refractivity contribution in [3.8, 4) is 0 Å². The molecular formula is C14H10N2O2. The molecule has 0 bridgehead atoms. The first-order valence-corrected chi connectivity index (χ1v) is 5.60. The van der Waals surface area contributed by atoms with E-state index in [4.69, 9.17) is 0 Å². The Bertz CT molecular complexity index is 781. The summed E-state index contributed by atoms with van der Waals surface area (Å²) in [4.78, 5) is 15.2. The van der Waals surface area contributed by atoms with E-state index in [2.05, 4.69) is 4.98 Å². The molecular weight excluding hydrogens is 228 g/mol. The van der Waals surface area contributed by atoms with Gasteiger partial charge >= 0.3 is 0 Å². The summed E-state index contributed by atoms with van der Waals surface area (Å²) in [6.45, 7) is 1.91. The molecule has 3 aromatic rings. The molecule has 0 N–H and O–H groups in total. The molecule has 0 unspecified atom stereocenters. The fourth-order valence-corrected chi connectivity index (χ4v) is 2.14. The molecule has 0 saturated heterocycles. The molecule has 1 aromatic heterocycles. The van der Waals surface area contributed by atoms with Crippen LogP contribution in [-0.2, 0) is 0 Å². The van der Waals surface area contributed by atoms with E-state index in [0.29, 0.717) is 10.9 Å². The summed E-state index contributed by atoms with van der Waals surface area (Å²) in [5, 5.41) is 12.6. The zero-order valence-corrected chi connectivity index (χ0v) is 9.75. The van der Waals surface area contributed by atoms with Gasteiger partial charge in [-0.2, -0.15) is 0 Å². The van der Waals surface area contributed by atoms with Crippen molar-refractivity contribution < 1.29 is 4.92 Å². The second-order valence-electron chi connectivity index (χ2n) is 4.24. The SMILES string of the molecule is Cc1ccc([N+](=O)[O-])c2cc3ccccc3nc12. The number of pyridine rings is 1. The van der Waals surface area contributed by atoms with E-state index in [0.717, 1.165) is 16.5 Å². The third-order valence-corrected chi connectivity index (χ3v) is 3.06. The number of para-hydroxylation sites is 1. The van der Waals surface area contributed by atoms with Crippen molar-refractivity contribution in [2.45, 2.75) is 6.92 Å². The number of nitrogens with zero attached hydrogens (tertiary/aromatic N) is 2. The molecule has 0 radical (unpaired) electrons. The number of non-ortho nitro benzene ring substituents is 1. The van der Waals surface area contributed by atoms with Crippen LogP contribution in [0.4, 0.5) is 5.69 Å². The second kappa shape index (κ2) is 3.77. The van der Waals surface area contributed by atoms with E-state index in [1.165, 1.54) is 6.07 Å². The number of aromatic nitrogens is 1. The molecule has 0 fully saturated rings. The van der Waals surface area contributed by atoms with Crippen LogP contribution in [0.1, 0.15) is 5.56 Å². The monoisotopic (exact) mass is 238 g/mol. The van der Waals surface area contributed by atoms with Crippen LogP contribution in [0.25, 0.3) is 21.8 Å². The van der Waals surface area contributed by atoms with Crippen molar-refractivity contribution in [3.63, 3.8) is 0 Å². The lowest BCUT2D eigenvalue weighted by Crippen LogP contribution is -1.93. The highest BCUT2D eigenvalue weighted by molar-refractivity contribution is 5.98. The van der Waals surface area contributed by atoms with Gasteiger partial charge in [-0.25, -0.2) is 4.98 Å². The Labute approximate surface area is 103 Å². The van der Waals surface area contributed by atoms with Crippen LogP contribution < -0.4 is 0 Å². The van der Waals surface area contributed by atoms with Crippen molar-refractivity contribution >= 4 is 27.5 Å². The Morgan fingerprint density at radius 1 is 1.17 bits per heavy atom. The van der Waals surface area contributed by atoms with Crippen LogP contribution in [0.2, 0.25) is 0 Å². The maximum absolute atomic E-state index is 11.0. The lowest BCUT2D eigenvalue weighted by atomic mass is 10.1. The van der Waals surface area contributed by atoms with Crippen molar-refractivity contribution in [2.24, 2.45) is 0 Å². The van der Waals surface area contributed by atoms with Crippen molar-refractivity contribution in [3.05, 3.63) is 58.1 Å². The number of nitro groups is 1. The van der Waals surface area contributed by atoms with E-state index in [1.54, 1.807) is 6.07 Å². The van der Waals surface area contributed by atoms with Crippen LogP contribution in [0.3, 0.4) is 0 Å². The normalized spacial score (nSPS) is 10.9. The number of rotatable bonds is 1. The highest BCUT2D eigenvalue weighted by Crippen LogP contribution is 2.29. The predicted molar refractivity (Wildman–Crippen MR) is 70.6 cm³/mol. The average Bonchev–Trinajstić information content (AvgIpc) is 2.37. The summed E-state index contributed by atoms with van der Waals surface area (Å²) in [7, 11) is 0. The van der Waals surface area contributed by atoms with Crippen LogP contribution in [-0.4, -0.2) is 9.91 Å². The van der Waals surface area contributed by atoms with Gasteiger partial charge in [-0.1, -0.05) is 24.3 Å². The Balaban J connectivity index is 2.52. The summed E-state index contributed by atoms with van der Waals surface area (Å²) in [6, 6.07) is 12.7. The van der Waals surface area contributed by atoms with Gasteiger partial charge in [0.15, 0.2) is 0 Å². The third kappa shape index (κ3) is 1.50. The molecule has 88 valence electrons. The Hall–Kier alpha value is -2.49. The quantitative estimate of drug-likeness (QED) is 0.369. The molecule has 3 rings (SSSR count). The number of benzene rings is 2. The van der Waals surface area contributed by atoms with Crippen molar-refractivity contribution in [1.82, 2.24) is 4.98 Å². The van der Waals surface area contributed by atoms with Gasteiger partial charge < -0.3 is 0 Å². The topological polar surface area (TPSA) is 56.0 Å². The van der Waals surface area contributed by atoms with Crippen LogP contribution in [0.15, 0.2) is 42.5 Å². The molecule has 0 spiro atoms. The maximum atomic E-state index is 11.0. The Morgan fingerprint density at radius 3 is 2.72 bits per heavy atom. The first kappa shape index (κ1) is 10.7. The van der Waals surface area contributed by atoms with Gasteiger partial charge in [0.1, 0.15) is 0 Å². The highest BCUT2D eigenvalue weighted by atomic mass is 16.6. The van der Waals surface area contributed by atoms with Gasteiger partial charge in [0.2, 0.25) is 0 Å². The van der Waals surface area contributed by atoms with Crippen LogP contribution >= 0.6 is 0 Å². The Kier molecular flexibility index (Phi) is 2.23. The minimum atomic E-state index is -0.363. The lowest BCUT2D eigenvalue weighted by molar-refractivity contribution is -0.383. The molecule has 0 aliphatic carbocycles. The van der Waals surface area contributed by atoms with Gasteiger partial charge in [0, 0.05) is 11.5 Å². The van der Waals surface area contributed by atoms with Crippen LogP contribution in [0, 0.1) is 17.0 Å². The number of nitro benzene ring substituents is 1. The van der Waals surface area contributed by atoms with Gasteiger partial charge in [0.05, 0.1) is 21.3 Å². The van der Waals surface area contributed by atoms with E-state index >= 15 is 0 Å². The molecule has 2 aromatic carbocycles. The van der Waals surface area contributed by atoms with Gasteiger partial charge in [-0.15, -0.1) is 0 Å². The van der Waals surface area contributed by atoms with Gasteiger partial charge in [0.25, 0.3) is 5.69 Å². The fourth-order valence-electron chi connectivity index (χ4n) is 2.14. The Morgan fingerprint density at radius 2 is 1.94 bits per heavy atom. The smallest absolute Gasteiger partial charge is 0.258 e. The van der Waals surface area contributed by atoms with Crippen molar-refractivity contribution in [2.75, 3.05) is 0 Å².